The number of ether oxygens (including phenoxy) is 1. The van der Waals surface area contributed by atoms with Crippen molar-refractivity contribution in [1.29, 1.82) is 0 Å². The first-order valence-corrected chi connectivity index (χ1v) is 3.25. The Hall–Kier alpha value is -0.610. The van der Waals surface area contributed by atoms with E-state index in [9.17, 15) is 4.79 Å². The summed E-state index contributed by atoms with van der Waals surface area (Å²) in [4.78, 5) is 10.2. The molecule has 0 aromatic heterocycles. The first kappa shape index (κ1) is 9.39. The van der Waals surface area contributed by atoms with Crippen LogP contribution in [-0.2, 0) is 9.53 Å². The lowest BCUT2D eigenvalue weighted by Crippen LogP contribution is -2.24. The summed E-state index contributed by atoms with van der Waals surface area (Å²) in [6.45, 7) is 2.07. The number of rotatable bonds is 6. The van der Waals surface area contributed by atoms with Crippen molar-refractivity contribution in [3.63, 3.8) is 0 Å². The fourth-order valence-corrected chi connectivity index (χ4v) is 0.511. The molecule has 0 saturated heterocycles. The molecule has 0 atom stereocenters. The molecule has 0 saturated carbocycles. The number of hydrogen-bond donors (Lipinski definition) is 2. The molecule has 4 heteroatoms. The van der Waals surface area contributed by atoms with Crippen molar-refractivity contribution in [1.82, 2.24) is 5.32 Å². The van der Waals surface area contributed by atoms with Crippen LogP contribution in [0.5, 0.6) is 0 Å². The highest BCUT2D eigenvalue weighted by atomic mass is 16.5. The Labute approximate surface area is 60.7 Å². The first-order valence-electron chi connectivity index (χ1n) is 3.25. The molecule has 0 spiro atoms. The summed E-state index contributed by atoms with van der Waals surface area (Å²) in [5.74, 6) is -0.273. The van der Waals surface area contributed by atoms with Crippen LogP contribution < -0.4 is 11.1 Å². The fraction of sp³-hybridized carbons (Fsp3) is 0.833. The number of carbonyl (C=O) groups excluding carboxylic acids is 1. The van der Waals surface area contributed by atoms with E-state index in [0.29, 0.717) is 19.6 Å². The lowest BCUT2D eigenvalue weighted by atomic mass is 10.4. The summed E-state index contributed by atoms with van der Waals surface area (Å²) in [5.41, 5.74) is 4.90. The summed E-state index contributed by atoms with van der Waals surface area (Å²) in [6, 6.07) is 0. The molecule has 0 aliphatic carbocycles. The third kappa shape index (κ3) is 7.39. The molecule has 0 bridgehead atoms. The maximum absolute atomic E-state index is 10.2. The molecule has 0 fully saturated rings. The van der Waals surface area contributed by atoms with E-state index in [0.717, 1.165) is 6.54 Å². The SMILES string of the molecule is COCCNCCC(N)=O. The quantitative estimate of drug-likeness (QED) is 0.477. The van der Waals surface area contributed by atoms with Gasteiger partial charge in [-0.3, -0.25) is 4.79 Å². The molecular weight excluding hydrogens is 132 g/mol. The summed E-state index contributed by atoms with van der Waals surface area (Å²) < 4.78 is 4.77. The second-order valence-electron chi connectivity index (χ2n) is 1.96. The zero-order valence-electron chi connectivity index (χ0n) is 6.22. The Morgan fingerprint density at radius 3 is 2.80 bits per heavy atom. The summed E-state index contributed by atoms with van der Waals surface area (Å²) in [5, 5.41) is 2.99. The average Bonchev–Trinajstić information content (AvgIpc) is 1.87. The van der Waals surface area contributed by atoms with E-state index in [1.165, 1.54) is 0 Å². The number of carbonyl (C=O) groups is 1. The molecular formula is C6H14N2O2. The Bertz CT molecular complexity index is 95.7. The van der Waals surface area contributed by atoms with Crippen molar-refractivity contribution in [3.05, 3.63) is 0 Å². The van der Waals surface area contributed by atoms with Crippen LogP contribution in [0.25, 0.3) is 0 Å². The van der Waals surface area contributed by atoms with Gasteiger partial charge in [-0.15, -0.1) is 0 Å². The smallest absolute Gasteiger partial charge is 0.218 e. The van der Waals surface area contributed by atoms with Crippen LogP contribution >= 0.6 is 0 Å². The van der Waals surface area contributed by atoms with Gasteiger partial charge in [0.15, 0.2) is 0 Å². The van der Waals surface area contributed by atoms with Gasteiger partial charge < -0.3 is 15.8 Å². The predicted octanol–water partition coefficient (Wildman–Crippen LogP) is -0.902. The topological polar surface area (TPSA) is 64.3 Å². The van der Waals surface area contributed by atoms with Gasteiger partial charge >= 0.3 is 0 Å². The van der Waals surface area contributed by atoms with Gasteiger partial charge in [0.1, 0.15) is 0 Å². The monoisotopic (exact) mass is 146 g/mol. The first-order chi connectivity index (χ1) is 4.77. The molecule has 1 amide bonds. The number of methoxy groups -OCH3 is 1. The highest BCUT2D eigenvalue weighted by molar-refractivity contribution is 5.73. The van der Waals surface area contributed by atoms with Crippen LogP contribution in [0.1, 0.15) is 6.42 Å². The Morgan fingerprint density at radius 2 is 2.30 bits per heavy atom. The van der Waals surface area contributed by atoms with Gasteiger partial charge in [0.25, 0.3) is 0 Å². The zero-order chi connectivity index (χ0) is 7.82. The number of nitrogens with two attached hydrogens (primary N) is 1. The highest BCUT2D eigenvalue weighted by Gasteiger charge is 1.91. The second kappa shape index (κ2) is 6.51. The van der Waals surface area contributed by atoms with E-state index >= 15 is 0 Å². The molecule has 0 aromatic rings. The third-order valence-corrected chi connectivity index (χ3v) is 1.03. The van der Waals surface area contributed by atoms with Crippen LogP contribution in [0.15, 0.2) is 0 Å². The van der Waals surface area contributed by atoms with E-state index in [1.54, 1.807) is 7.11 Å². The average molecular weight is 146 g/mol. The van der Waals surface area contributed by atoms with Gasteiger partial charge in [0, 0.05) is 26.6 Å². The van der Waals surface area contributed by atoms with E-state index in [-0.39, 0.29) is 5.91 Å². The molecule has 4 nitrogen and oxygen atoms in total. The standard InChI is InChI=1S/C6H14N2O2/c1-10-5-4-8-3-2-6(7)9/h8H,2-5H2,1H3,(H2,7,9). The van der Waals surface area contributed by atoms with Gasteiger partial charge in [-0.25, -0.2) is 0 Å². The lowest BCUT2D eigenvalue weighted by Gasteiger charge is -2.00. The van der Waals surface area contributed by atoms with Crippen LogP contribution in [0.3, 0.4) is 0 Å². The summed E-state index contributed by atoms with van der Waals surface area (Å²) in [7, 11) is 1.63. The van der Waals surface area contributed by atoms with Gasteiger partial charge in [-0.1, -0.05) is 0 Å². The summed E-state index contributed by atoms with van der Waals surface area (Å²) >= 11 is 0. The number of primary amides is 1. The largest absolute Gasteiger partial charge is 0.383 e. The number of hydrogen-bond acceptors (Lipinski definition) is 3. The molecule has 0 radical (unpaired) electrons. The van der Waals surface area contributed by atoms with Crippen LogP contribution in [0.2, 0.25) is 0 Å². The number of nitrogens with one attached hydrogen (secondary N) is 1. The molecule has 3 N–H and O–H groups in total. The van der Waals surface area contributed by atoms with Crippen LogP contribution in [0, 0.1) is 0 Å². The highest BCUT2D eigenvalue weighted by Crippen LogP contribution is 1.71. The molecule has 0 aromatic carbocycles. The normalized spacial score (nSPS) is 9.70. The van der Waals surface area contributed by atoms with E-state index < -0.39 is 0 Å². The van der Waals surface area contributed by atoms with Crippen molar-refractivity contribution < 1.29 is 9.53 Å². The second-order valence-corrected chi connectivity index (χ2v) is 1.96. The van der Waals surface area contributed by atoms with Crippen LogP contribution in [-0.4, -0.2) is 32.7 Å². The van der Waals surface area contributed by atoms with Gasteiger partial charge in [0.2, 0.25) is 5.91 Å². The minimum atomic E-state index is -0.273. The number of amides is 1. The Morgan fingerprint density at radius 1 is 1.60 bits per heavy atom. The van der Waals surface area contributed by atoms with Crippen molar-refractivity contribution in [2.45, 2.75) is 6.42 Å². The Kier molecular flexibility index (Phi) is 6.11. The molecule has 0 rings (SSSR count). The molecule has 0 aliphatic heterocycles. The maximum Gasteiger partial charge on any atom is 0.218 e. The molecule has 0 heterocycles. The minimum absolute atomic E-state index is 0.273. The van der Waals surface area contributed by atoms with Crippen molar-refractivity contribution in [2.75, 3.05) is 26.8 Å². The van der Waals surface area contributed by atoms with E-state index in [2.05, 4.69) is 5.32 Å². The zero-order valence-corrected chi connectivity index (χ0v) is 6.22. The predicted molar refractivity (Wildman–Crippen MR) is 38.6 cm³/mol. The summed E-state index contributed by atoms with van der Waals surface area (Å²) in [6.07, 6.45) is 0.393. The lowest BCUT2D eigenvalue weighted by molar-refractivity contribution is -0.117. The third-order valence-electron chi connectivity index (χ3n) is 1.03. The van der Waals surface area contributed by atoms with Crippen molar-refractivity contribution in [2.24, 2.45) is 5.73 Å². The van der Waals surface area contributed by atoms with Crippen molar-refractivity contribution in [3.8, 4) is 0 Å². The van der Waals surface area contributed by atoms with E-state index in [4.69, 9.17) is 10.5 Å². The van der Waals surface area contributed by atoms with Gasteiger partial charge in [-0.05, 0) is 0 Å². The van der Waals surface area contributed by atoms with Crippen molar-refractivity contribution >= 4 is 5.91 Å². The Balaban J connectivity index is 2.84. The van der Waals surface area contributed by atoms with E-state index in [1.807, 2.05) is 0 Å². The molecule has 10 heavy (non-hydrogen) atoms. The molecule has 0 unspecified atom stereocenters. The van der Waals surface area contributed by atoms with Gasteiger partial charge in [-0.2, -0.15) is 0 Å². The molecule has 60 valence electrons. The minimum Gasteiger partial charge on any atom is -0.383 e. The van der Waals surface area contributed by atoms with Crippen LogP contribution in [0.4, 0.5) is 0 Å². The fourth-order valence-electron chi connectivity index (χ4n) is 0.511. The molecule has 0 aliphatic rings. The van der Waals surface area contributed by atoms with Gasteiger partial charge in [0.05, 0.1) is 6.61 Å². The maximum atomic E-state index is 10.2.